The highest BCUT2D eigenvalue weighted by atomic mass is 32.1. The van der Waals surface area contributed by atoms with Crippen LogP contribution < -0.4 is 0 Å². The lowest BCUT2D eigenvalue weighted by atomic mass is 10.2. The minimum atomic E-state index is 0.220. The van der Waals surface area contributed by atoms with Gasteiger partial charge in [0.2, 0.25) is 0 Å². The van der Waals surface area contributed by atoms with Gasteiger partial charge in [-0.15, -0.1) is 11.3 Å². The Kier molecular flexibility index (Phi) is 3.37. The standard InChI is InChI=1S/C13H19N3OS/c1-2-15(5-7-17)9-11-12(10-3-4-10)14-13-16(11)6-8-18-13/h6,8,10,17H,2-5,7,9H2,1H3. The number of fused-ring (bicyclic) bond motifs is 1. The first-order chi connectivity index (χ1) is 8.83. The molecule has 2 aromatic rings. The van der Waals surface area contributed by atoms with E-state index >= 15 is 0 Å². The van der Waals surface area contributed by atoms with Crippen LogP contribution in [0.15, 0.2) is 11.6 Å². The van der Waals surface area contributed by atoms with Crippen molar-refractivity contribution in [3.63, 3.8) is 0 Å². The van der Waals surface area contributed by atoms with Gasteiger partial charge >= 0.3 is 0 Å². The van der Waals surface area contributed by atoms with Crippen LogP contribution in [0.25, 0.3) is 4.96 Å². The molecule has 0 aliphatic heterocycles. The summed E-state index contributed by atoms with van der Waals surface area (Å²) in [4.78, 5) is 8.15. The quantitative estimate of drug-likeness (QED) is 0.869. The molecule has 0 unspecified atom stereocenters. The Morgan fingerprint density at radius 1 is 1.56 bits per heavy atom. The Balaban J connectivity index is 1.92. The molecule has 98 valence electrons. The molecule has 0 amide bonds. The molecular formula is C13H19N3OS. The zero-order valence-electron chi connectivity index (χ0n) is 10.7. The Bertz CT molecular complexity index is 529. The number of rotatable bonds is 6. The molecule has 0 spiro atoms. The number of aliphatic hydroxyl groups is 1. The number of imidazole rings is 1. The van der Waals surface area contributed by atoms with Crippen LogP contribution >= 0.6 is 11.3 Å². The number of aromatic nitrogens is 2. The van der Waals surface area contributed by atoms with E-state index in [-0.39, 0.29) is 6.61 Å². The highest BCUT2D eigenvalue weighted by molar-refractivity contribution is 7.15. The maximum Gasteiger partial charge on any atom is 0.194 e. The van der Waals surface area contributed by atoms with Crippen molar-refractivity contribution in [3.8, 4) is 0 Å². The molecule has 2 heterocycles. The summed E-state index contributed by atoms with van der Waals surface area (Å²) in [6.07, 6.45) is 4.68. The van der Waals surface area contributed by atoms with Gasteiger partial charge in [-0.2, -0.15) is 0 Å². The van der Waals surface area contributed by atoms with Crippen molar-refractivity contribution < 1.29 is 5.11 Å². The molecule has 1 saturated carbocycles. The van der Waals surface area contributed by atoms with Crippen LogP contribution in [0.5, 0.6) is 0 Å². The Hall–Kier alpha value is -0.910. The van der Waals surface area contributed by atoms with Crippen LogP contribution in [-0.2, 0) is 6.54 Å². The maximum atomic E-state index is 9.10. The number of hydrogen-bond donors (Lipinski definition) is 1. The van der Waals surface area contributed by atoms with Crippen LogP contribution in [0.1, 0.15) is 37.1 Å². The second-order valence-electron chi connectivity index (χ2n) is 4.87. The minimum Gasteiger partial charge on any atom is -0.395 e. The molecule has 0 bridgehead atoms. The summed E-state index contributed by atoms with van der Waals surface area (Å²) in [6, 6.07) is 0. The molecule has 0 aromatic carbocycles. The molecule has 1 fully saturated rings. The number of hydrogen-bond acceptors (Lipinski definition) is 4. The van der Waals surface area contributed by atoms with Crippen molar-refractivity contribution in [2.45, 2.75) is 32.2 Å². The van der Waals surface area contributed by atoms with Crippen LogP contribution in [0.3, 0.4) is 0 Å². The van der Waals surface area contributed by atoms with Crippen molar-refractivity contribution in [2.24, 2.45) is 0 Å². The topological polar surface area (TPSA) is 40.8 Å². The molecule has 1 aliphatic rings. The van der Waals surface area contributed by atoms with E-state index < -0.39 is 0 Å². The summed E-state index contributed by atoms with van der Waals surface area (Å²) in [5.41, 5.74) is 2.61. The van der Waals surface area contributed by atoms with Crippen LogP contribution in [0.4, 0.5) is 0 Å². The third-order valence-corrected chi connectivity index (χ3v) is 4.35. The van der Waals surface area contributed by atoms with Crippen molar-refractivity contribution in [1.29, 1.82) is 0 Å². The van der Waals surface area contributed by atoms with Crippen molar-refractivity contribution in [3.05, 3.63) is 23.0 Å². The van der Waals surface area contributed by atoms with Crippen molar-refractivity contribution >= 4 is 16.3 Å². The molecule has 4 nitrogen and oxygen atoms in total. The lowest BCUT2D eigenvalue weighted by molar-refractivity contribution is 0.195. The molecule has 1 aliphatic carbocycles. The Morgan fingerprint density at radius 2 is 2.39 bits per heavy atom. The fraction of sp³-hybridized carbons (Fsp3) is 0.615. The van der Waals surface area contributed by atoms with Crippen LogP contribution in [0.2, 0.25) is 0 Å². The highest BCUT2D eigenvalue weighted by Gasteiger charge is 2.30. The number of aliphatic hydroxyl groups excluding tert-OH is 1. The smallest absolute Gasteiger partial charge is 0.194 e. The fourth-order valence-corrected chi connectivity index (χ4v) is 3.13. The highest BCUT2D eigenvalue weighted by Crippen LogP contribution is 2.42. The summed E-state index contributed by atoms with van der Waals surface area (Å²) in [6.45, 7) is 4.94. The van der Waals surface area contributed by atoms with E-state index in [1.54, 1.807) is 11.3 Å². The predicted molar refractivity (Wildman–Crippen MR) is 73.1 cm³/mol. The fourth-order valence-electron chi connectivity index (χ4n) is 2.39. The molecular weight excluding hydrogens is 246 g/mol. The summed E-state index contributed by atoms with van der Waals surface area (Å²) in [5.74, 6) is 0.680. The molecule has 5 heteroatoms. The van der Waals surface area contributed by atoms with Crippen molar-refractivity contribution in [1.82, 2.24) is 14.3 Å². The molecule has 3 rings (SSSR count). The average molecular weight is 265 g/mol. The summed E-state index contributed by atoms with van der Waals surface area (Å²) < 4.78 is 2.22. The largest absolute Gasteiger partial charge is 0.395 e. The summed E-state index contributed by atoms with van der Waals surface area (Å²) >= 11 is 1.70. The average Bonchev–Trinajstić information content (AvgIpc) is 3.02. The SMILES string of the molecule is CCN(CCO)Cc1c(C2CC2)nc2sccn12. The van der Waals surface area contributed by atoms with E-state index in [4.69, 9.17) is 10.1 Å². The third-order valence-electron chi connectivity index (χ3n) is 3.59. The Morgan fingerprint density at radius 3 is 3.06 bits per heavy atom. The third kappa shape index (κ3) is 2.18. The summed E-state index contributed by atoms with van der Waals surface area (Å²) in [7, 11) is 0. The first-order valence-corrected chi connectivity index (χ1v) is 7.49. The lowest BCUT2D eigenvalue weighted by Gasteiger charge is -2.19. The van der Waals surface area contributed by atoms with Gasteiger partial charge < -0.3 is 5.11 Å². The molecule has 1 N–H and O–H groups in total. The predicted octanol–water partition coefficient (Wildman–Crippen LogP) is 2.09. The van der Waals surface area contributed by atoms with Gasteiger partial charge in [-0.25, -0.2) is 4.98 Å². The van der Waals surface area contributed by atoms with Gasteiger partial charge in [0.1, 0.15) is 0 Å². The van der Waals surface area contributed by atoms with Gasteiger partial charge in [0.25, 0.3) is 0 Å². The van der Waals surface area contributed by atoms with Gasteiger partial charge in [-0.05, 0) is 19.4 Å². The lowest BCUT2D eigenvalue weighted by Crippen LogP contribution is -2.27. The Labute approximate surface area is 111 Å². The van der Waals surface area contributed by atoms with Crippen LogP contribution in [-0.4, -0.2) is 39.1 Å². The zero-order chi connectivity index (χ0) is 12.5. The van der Waals surface area contributed by atoms with Gasteiger partial charge in [-0.3, -0.25) is 9.30 Å². The van der Waals surface area contributed by atoms with Crippen molar-refractivity contribution in [2.75, 3.05) is 19.7 Å². The zero-order valence-corrected chi connectivity index (χ0v) is 11.5. The maximum absolute atomic E-state index is 9.10. The van der Waals surface area contributed by atoms with E-state index in [1.165, 1.54) is 24.2 Å². The number of thiazole rings is 1. The van der Waals surface area contributed by atoms with Gasteiger partial charge in [0.15, 0.2) is 4.96 Å². The van der Waals surface area contributed by atoms with E-state index in [9.17, 15) is 0 Å². The van der Waals surface area contributed by atoms with E-state index in [2.05, 4.69) is 27.8 Å². The van der Waals surface area contributed by atoms with Gasteiger partial charge in [-0.1, -0.05) is 6.92 Å². The molecule has 0 atom stereocenters. The van der Waals surface area contributed by atoms with Gasteiger partial charge in [0.05, 0.1) is 18.0 Å². The molecule has 18 heavy (non-hydrogen) atoms. The first-order valence-electron chi connectivity index (χ1n) is 6.61. The molecule has 0 saturated heterocycles. The van der Waals surface area contributed by atoms with E-state index in [0.29, 0.717) is 5.92 Å². The number of nitrogens with zero attached hydrogens (tertiary/aromatic N) is 3. The van der Waals surface area contributed by atoms with E-state index in [0.717, 1.165) is 24.6 Å². The summed E-state index contributed by atoms with van der Waals surface area (Å²) in [5, 5.41) is 11.2. The van der Waals surface area contributed by atoms with Crippen LogP contribution in [0, 0.1) is 0 Å². The molecule has 2 aromatic heterocycles. The number of likely N-dealkylation sites (N-methyl/N-ethyl adjacent to an activating group) is 1. The normalized spacial score (nSPS) is 15.9. The van der Waals surface area contributed by atoms with Gasteiger partial charge in [0, 0.05) is 30.6 Å². The first kappa shape index (κ1) is 12.1. The van der Waals surface area contributed by atoms with E-state index in [1.807, 2.05) is 0 Å². The monoisotopic (exact) mass is 265 g/mol. The second kappa shape index (κ2) is 4.99. The molecule has 0 radical (unpaired) electrons. The minimum absolute atomic E-state index is 0.220. The second-order valence-corrected chi connectivity index (χ2v) is 5.74.